The molecule has 2 amide bonds. The molecule has 0 radical (unpaired) electrons. The molecule has 3 atom stereocenters. The van der Waals surface area contributed by atoms with Gasteiger partial charge in [-0.15, -0.1) is 0 Å². The summed E-state index contributed by atoms with van der Waals surface area (Å²) in [5, 5.41) is 15.9. The fraction of sp³-hybridized carbons (Fsp3) is 0.391. The number of nitrogens with two attached hydrogens (primary N) is 1. The first-order valence-electron chi connectivity index (χ1n) is 10.9. The normalized spacial score (nSPS) is 14.1. The molecule has 0 saturated carbocycles. The van der Waals surface area contributed by atoms with Gasteiger partial charge in [-0.05, 0) is 24.0 Å². The topological polar surface area (TPSA) is 166 Å². The Labute approximate surface area is 191 Å². The Hall–Kier alpha value is -3.66. The maximum Gasteiger partial charge on any atom is 0.326 e. The smallest absolute Gasteiger partial charge is 0.326 e. The predicted molar refractivity (Wildman–Crippen MR) is 123 cm³/mol. The number of fused-ring (bicyclic) bond motifs is 1. The van der Waals surface area contributed by atoms with Crippen LogP contribution in [-0.4, -0.2) is 56.0 Å². The van der Waals surface area contributed by atoms with E-state index in [0.717, 1.165) is 16.5 Å². The first-order valence-corrected chi connectivity index (χ1v) is 10.9. The van der Waals surface area contributed by atoms with Gasteiger partial charge in [0, 0.05) is 41.8 Å². The van der Waals surface area contributed by atoms with Gasteiger partial charge >= 0.3 is 5.97 Å². The van der Waals surface area contributed by atoms with Crippen molar-refractivity contribution in [1.29, 1.82) is 0 Å². The Bertz CT molecular complexity index is 1090. The zero-order valence-electron chi connectivity index (χ0n) is 18.7. The lowest BCUT2D eigenvalue weighted by Gasteiger charge is -2.24. The average Bonchev–Trinajstić information content (AvgIpc) is 3.42. The van der Waals surface area contributed by atoms with Crippen molar-refractivity contribution in [3.8, 4) is 0 Å². The number of hydrogen-bond donors (Lipinski definition) is 6. The van der Waals surface area contributed by atoms with Gasteiger partial charge in [0.1, 0.15) is 12.1 Å². The molecule has 176 valence electrons. The standard InChI is InChI=1S/C23H30N6O4/c1-13(2)7-19(28-21(30)17(24)9-15-11-25-12-27-15)22(31)29-20(23(32)33)8-14-10-26-18-6-4-3-5-16(14)18/h3-6,10-13,17,19-20,26H,7-9,24H2,1-2H3,(H,25,27)(H,28,30)(H,29,31)(H,32,33). The van der Waals surface area contributed by atoms with Crippen molar-refractivity contribution in [3.63, 3.8) is 0 Å². The molecule has 7 N–H and O–H groups in total. The summed E-state index contributed by atoms with van der Waals surface area (Å²) in [7, 11) is 0. The molecule has 3 rings (SSSR count). The second-order valence-electron chi connectivity index (χ2n) is 8.54. The number of benzene rings is 1. The minimum Gasteiger partial charge on any atom is -0.480 e. The molecule has 3 aromatic rings. The van der Waals surface area contributed by atoms with Gasteiger partial charge < -0.3 is 31.4 Å². The molecule has 0 aliphatic rings. The van der Waals surface area contributed by atoms with Crippen LogP contribution in [0, 0.1) is 5.92 Å². The van der Waals surface area contributed by atoms with Gasteiger partial charge in [0.25, 0.3) is 0 Å². The molecule has 0 bridgehead atoms. The minimum absolute atomic E-state index is 0.0850. The second kappa shape index (κ2) is 10.8. The van der Waals surface area contributed by atoms with Crippen LogP contribution in [0.1, 0.15) is 31.5 Å². The van der Waals surface area contributed by atoms with E-state index in [-0.39, 0.29) is 18.8 Å². The Morgan fingerprint density at radius 3 is 2.45 bits per heavy atom. The molecule has 1 aromatic carbocycles. The first kappa shape index (κ1) is 24.0. The highest BCUT2D eigenvalue weighted by Crippen LogP contribution is 2.19. The molecule has 2 aromatic heterocycles. The summed E-state index contributed by atoms with van der Waals surface area (Å²) in [6, 6.07) is 4.61. The lowest BCUT2D eigenvalue weighted by molar-refractivity contribution is -0.142. The molecule has 2 heterocycles. The van der Waals surface area contributed by atoms with E-state index in [0.29, 0.717) is 12.1 Å². The van der Waals surface area contributed by atoms with Crippen LogP contribution in [0.2, 0.25) is 0 Å². The summed E-state index contributed by atoms with van der Waals surface area (Å²) in [6.07, 6.45) is 5.50. The van der Waals surface area contributed by atoms with E-state index in [1.54, 1.807) is 12.4 Å². The summed E-state index contributed by atoms with van der Waals surface area (Å²) in [6.45, 7) is 3.83. The van der Waals surface area contributed by atoms with E-state index in [4.69, 9.17) is 5.73 Å². The number of aromatic nitrogens is 3. The molecule has 0 aliphatic carbocycles. The Morgan fingerprint density at radius 2 is 1.79 bits per heavy atom. The van der Waals surface area contributed by atoms with Gasteiger partial charge in [-0.25, -0.2) is 9.78 Å². The number of carbonyl (C=O) groups excluding carboxylic acids is 2. The van der Waals surface area contributed by atoms with Crippen molar-refractivity contribution < 1.29 is 19.5 Å². The van der Waals surface area contributed by atoms with Gasteiger partial charge in [-0.2, -0.15) is 0 Å². The molecule has 0 spiro atoms. The number of aromatic amines is 2. The van der Waals surface area contributed by atoms with Crippen LogP contribution in [-0.2, 0) is 27.2 Å². The third-order valence-electron chi connectivity index (χ3n) is 5.39. The Morgan fingerprint density at radius 1 is 1.06 bits per heavy atom. The SMILES string of the molecule is CC(C)CC(NC(=O)C(N)Cc1cnc[nH]1)C(=O)NC(Cc1c[nH]c2ccccc12)C(=O)O. The van der Waals surface area contributed by atoms with E-state index in [9.17, 15) is 19.5 Å². The summed E-state index contributed by atoms with van der Waals surface area (Å²) in [5.74, 6) is -2.12. The van der Waals surface area contributed by atoms with Gasteiger partial charge in [0.05, 0.1) is 12.4 Å². The van der Waals surface area contributed by atoms with Gasteiger partial charge in [-0.3, -0.25) is 9.59 Å². The summed E-state index contributed by atoms with van der Waals surface area (Å²) in [4.78, 5) is 47.4. The summed E-state index contributed by atoms with van der Waals surface area (Å²) in [5.41, 5.74) is 8.36. The largest absolute Gasteiger partial charge is 0.480 e. The van der Waals surface area contributed by atoms with Crippen molar-refractivity contribution in [2.24, 2.45) is 11.7 Å². The monoisotopic (exact) mass is 454 g/mol. The lowest BCUT2D eigenvalue weighted by Crippen LogP contribution is -2.55. The number of H-pyrrole nitrogens is 2. The fourth-order valence-corrected chi connectivity index (χ4v) is 3.70. The molecular weight excluding hydrogens is 424 g/mol. The molecule has 33 heavy (non-hydrogen) atoms. The van der Waals surface area contributed by atoms with Crippen LogP contribution in [0.3, 0.4) is 0 Å². The van der Waals surface area contributed by atoms with Gasteiger partial charge in [0.2, 0.25) is 11.8 Å². The molecule has 0 aliphatic heterocycles. The molecule has 0 saturated heterocycles. The summed E-state index contributed by atoms with van der Waals surface area (Å²) >= 11 is 0. The lowest BCUT2D eigenvalue weighted by atomic mass is 10.0. The van der Waals surface area contributed by atoms with E-state index in [2.05, 4.69) is 25.6 Å². The Kier molecular flexibility index (Phi) is 7.83. The maximum atomic E-state index is 13.0. The van der Waals surface area contributed by atoms with E-state index in [1.165, 1.54) is 6.33 Å². The molecule has 3 unspecified atom stereocenters. The van der Waals surface area contributed by atoms with Crippen LogP contribution < -0.4 is 16.4 Å². The number of carboxylic acids is 1. The molecule has 10 nitrogen and oxygen atoms in total. The highest BCUT2D eigenvalue weighted by Gasteiger charge is 2.29. The number of hydrogen-bond acceptors (Lipinski definition) is 5. The first-order chi connectivity index (χ1) is 15.7. The maximum absolute atomic E-state index is 13.0. The number of carboxylic acid groups (broad SMARTS) is 1. The quantitative estimate of drug-likeness (QED) is 0.254. The van der Waals surface area contributed by atoms with Crippen LogP contribution >= 0.6 is 0 Å². The molecule has 10 heteroatoms. The number of rotatable bonds is 11. The summed E-state index contributed by atoms with van der Waals surface area (Å²) < 4.78 is 0. The van der Waals surface area contributed by atoms with Gasteiger partial charge in [-0.1, -0.05) is 32.0 Å². The predicted octanol–water partition coefficient (Wildman–Crippen LogP) is 1.10. The Balaban J connectivity index is 1.68. The van der Waals surface area contributed by atoms with E-state index < -0.39 is 35.9 Å². The van der Waals surface area contributed by atoms with E-state index in [1.807, 2.05) is 38.1 Å². The number of amides is 2. The number of nitrogens with zero attached hydrogens (tertiary/aromatic N) is 1. The third kappa shape index (κ3) is 6.42. The van der Waals surface area contributed by atoms with Crippen molar-refractivity contribution in [2.75, 3.05) is 0 Å². The zero-order valence-corrected chi connectivity index (χ0v) is 18.7. The van der Waals surface area contributed by atoms with Crippen molar-refractivity contribution in [1.82, 2.24) is 25.6 Å². The third-order valence-corrected chi connectivity index (χ3v) is 5.39. The van der Waals surface area contributed by atoms with E-state index >= 15 is 0 Å². The minimum atomic E-state index is -1.15. The van der Waals surface area contributed by atoms with Crippen LogP contribution in [0.4, 0.5) is 0 Å². The number of aliphatic carboxylic acids is 1. The second-order valence-corrected chi connectivity index (χ2v) is 8.54. The molecular formula is C23H30N6O4. The highest BCUT2D eigenvalue weighted by molar-refractivity contribution is 5.92. The highest BCUT2D eigenvalue weighted by atomic mass is 16.4. The number of carbonyl (C=O) groups is 3. The van der Waals surface area contributed by atoms with Crippen molar-refractivity contribution in [3.05, 3.63) is 54.2 Å². The van der Waals surface area contributed by atoms with Crippen LogP contribution in [0.15, 0.2) is 43.0 Å². The van der Waals surface area contributed by atoms with Gasteiger partial charge in [0.15, 0.2) is 0 Å². The average molecular weight is 455 g/mol. The molecule has 0 fully saturated rings. The zero-order chi connectivity index (χ0) is 24.0. The van der Waals surface area contributed by atoms with Crippen LogP contribution in [0.5, 0.6) is 0 Å². The fourth-order valence-electron chi connectivity index (χ4n) is 3.70. The number of para-hydroxylation sites is 1. The van der Waals surface area contributed by atoms with Crippen LogP contribution in [0.25, 0.3) is 10.9 Å². The van der Waals surface area contributed by atoms with Crippen molar-refractivity contribution in [2.45, 2.75) is 51.2 Å². The number of nitrogens with one attached hydrogen (secondary N) is 4. The number of imidazole rings is 1. The van der Waals surface area contributed by atoms with Crippen molar-refractivity contribution >= 4 is 28.7 Å².